The maximum atomic E-state index is 11.8. The van der Waals surface area contributed by atoms with Gasteiger partial charge in [0.05, 0.1) is 0 Å². The van der Waals surface area contributed by atoms with Crippen LogP contribution in [0.4, 0.5) is 0 Å². The third kappa shape index (κ3) is 4.59. The molecule has 0 aromatic carbocycles. The summed E-state index contributed by atoms with van der Waals surface area (Å²) in [5, 5.41) is 7.05. The van der Waals surface area contributed by atoms with Crippen LogP contribution in [0.2, 0.25) is 0 Å². The van der Waals surface area contributed by atoms with Crippen molar-refractivity contribution in [2.24, 2.45) is 11.7 Å². The van der Waals surface area contributed by atoms with Crippen LogP contribution in [0.3, 0.4) is 0 Å². The molecule has 0 bridgehead atoms. The highest BCUT2D eigenvalue weighted by atomic mass is 35.5. The fraction of sp³-hybridized carbons (Fsp3) is 0.615. The van der Waals surface area contributed by atoms with Crippen LogP contribution in [0.5, 0.6) is 0 Å². The van der Waals surface area contributed by atoms with E-state index in [9.17, 15) is 4.79 Å². The third-order valence-electron chi connectivity index (χ3n) is 3.49. The van der Waals surface area contributed by atoms with Crippen molar-refractivity contribution >= 4 is 29.7 Å². The predicted octanol–water partition coefficient (Wildman–Crippen LogP) is 2.69. The Kier molecular flexibility index (Phi) is 6.68. The maximum Gasteiger partial charge on any atom is 0.220 e. The molecular weight excluding hydrogens is 268 g/mol. The SMILES string of the molecule is Cl.NC1CCCCC1CC(=O)NCc1ccsc1. The van der Waals surface area contributed by atoms with Gasteiger partial charge in [-0.2, -0.15) is 11.3 Å². The minimum atomic E-state index is 0. The molecule has 1 amide bonds. The Bertz CT molecular complexity index is 356. The van der Waals surface area contributed by atoms with Crippen LogP contribution in [0, 0.1) is 5.92 Å². The highest BCUT2D eigenvalue weighted by molar-refractivity contribution is 7.07. The van der Waals surface area contributed by atoms with E-state index >= 15 is 0 Å². The third-order valence-corrected chi connectivity index (χ3v) is 4.22. The molecule has 18 heavy (non-hydrogen) atoms. The van der Waals surface area contributed by atoms with Crippen molar-refractivity contribution in [2.45, 2.75) is 44.7 Å². The summed E-state index contributed by atoms with van der Waals surface area (Å²) >= 11 is 1.66. The molecule has 1 fully saturated rings. The Labute approximate surface area is 119 Å². The van der Waals surface area contributed by atoms with Crippen LogP contribution in [0.1, 0.15) is 37.7 Å². The molecule has 1 aliphatic rings. The lowest BCUT2D eigenvalue weighted by Gasteiger charge is -2.27. The van der Waals surface area contributed by atoms with Gasteiger partial charge in [0.25, 0.3) is 0 Å². The average Bonchev–Trinajstić information content (AvgIpc) is 2.82. The largest absolute Gasteiger partial charge is 0.352 e. The molecule has 0 spiro atoms. The number of rotatable bonds is 4. The fourth-order valence-corrected chi connectivity index (χ4v) is 3.06. The standard InChI is InChI=1S/C13H20N2OS.ClH/c14-12-4-2-1-3-11(12)7-13(16)15-8-10-5-6-17-9-10;/h5-6,9,11-12H,1-4,7-8,14H2,(H,15,16);1H. The summed E-state index contributed by atoms with van der Waals surface area (Å²) in [4.78, 5) is 11.8. The number of carbonyl (C=O) groups is 1. The van der Waals surface area contributed by atoms with E-state index in [1.54, 1.807) is 11.3 Å². The Hall–Kier alpha value is -0.580. The quantitative estimate of drug-likeness (QED) is 0.895. The number of amides is 1. The first-order chi connectivity index (χ1) is 8.25. The van der Waals surface area contributed by atoms with Crippen LogP contribution in [-0.2, 0) is 11.3 Å². The maximum absolute atomic E-state index is 11.8. The van der Waals surface area contributed by atoms with E-state index in [4.69, 9.17) is 5.73 Å². The molecule has 2 atom stereocenters. The van der Waals surface area contributed by atoms with Crippen molar-refractivity contribution in [3.05, 3.63) is 22.4 Å². The lowest BCUT2D eigenvalue weighted by Crippen LogP contribution is -2.36. The average molecular weight is 289 g/mol. The van der Waals surface area contributed by atoms with Gasteiger partial charge in [-0.05, 0) is 41.1 Å². The minimum absolute atomic E-state index is 0. The molecule has 5 heteroatoms. The second-order valence-corrected chi connectivity index (χ2v) is 5.60. The summed E-state index contributed by atoms with van der Waals surface area (Å²) in [6, 6.07) is 2.26. The van der Waals surface area contributed by atoms with Crippen LogP contribution >= 0.6 is 23.7 Å². The number of nitrogens with two attached hydrogens (primary N) is 1. The molecule has 1 aromatic rings. The number of hydrogen-bond donors (Lipinski definition) is 2. The summed E-state index contributed by atoms with van der Waals surface area (Å²) < 4.78 is 0. The van der Waals surface area contributed by atoms with Gasteiger partial charge in [-0.25, -0.2) is 0 Å². The lowest BCUT2D eigenvalue weighted by molar-refractivity contribution is -0.122. The number of thiophene rings is 1. The van der Waals surface area contributed by atoms with Crippen LogP contribution < -0.4 is 11.1 Å². The van der Waals surface area contributed by atoms with Gasteiger partial charge in [-0.1, -0.05) is 12.8 Å². The molecule has 2 unspecified atom stereocenters. The zero-order valence-electron chi connectivity index (χ0n) is 10.4. The molecule has 0 aliphatic heterocycles. The van der Waals surface area contributed by atoms with E-state index < -0.39 is 0 Å². The lowest BCUT2D eigenvalue weighted by atomic mass is 9.83. The molecule has 3 N–H and O–H groups in total. The van der Waals surface area contributed by atoms with E-state index in [1.807, 2.05) is 11.4 Å². The molecule has 3 nitrogen and oxygen atoms in total. The molecular formula is C13H21ClN2OS. The Morgan fingerprint density at radius 1 is 1.44 bits per heavy atom. The van der Waals surface area contributed by atoms with Gasteiger partial charge in [0, 0.05) is 19.0 Å². The van der Waals surface area contributed by atoms with Crippen molar-refractivity contribution in [2.75, 3.05) is 0 Å². The van der Waals surface area contributed by atoms with Gasteiger partial charge in [0.1, 0.15) is 0 Å². The van der Waals surface area contributed by atoms with Crippen molar-refractivity contribution in [3.63, 3.8) is 0 Å². The summed E-state index contributed by atoms with van der Waals surface area (Å²) in [7, 11) is 0. The molecule has 0 radical (unpaired) electrons. The predicted molar refractivity (Wildman–Crippen MR) is 78.0 cm³/mol. The van der Waals surface area contributed by atoms with Gasteiger partial charge in [0.2, 0.25) is 5.91 Å². The second-order valence-electron chi connectivity index (χ2n) is 4.82. The number of hydrogen-bond acceptors (Lipinski definition) is 3. The first kappa shape index (κ1) is 15.5. The number of nitrogens with one attached hydrogen (secondary N) is 1. The van der Waals surface area contributed by atoms with Crippen LogP contribution in [0.15, 0.2) is 16.8 Å². The zero-order chi connectivity index (χ0) is 12.1. The molecule has 102 valence electrons. The molecule has 1 aromatic heterocycles. The Balaban J connectivity index is 0.00000162. The highest BCUT2D eigenvalue weighted by Crippen LogP contribution is 2.25. The van der Waals surface area contributed by atoms with Gasteiger partial charge in [-0.15, -0.1) is 12.4 Å². The highest BCUT2D eigenvalue weighted by Gasteiger charge is 2.23. The summed E-state index contributed by atoms with van der Waals surface area (Å²) in [6.07, 6.45) is 5.20. The normalized spacial score (nSPS) is 23.2. The molecule has 2 rings (SSSR count). The second kappa shape index (κ2) is 7.77. The Morgan fingerprint density at radius 2 is 2.22 bits per heavy atom. The van der Waals surface area contributed by atoms with Crippen LogP contribution in [0.25, 0.3) is 0 Å². The van der Waals surface area contributed by atoms with Crippen molar-refractivity contribution in [3.8, 4) is 0 Å². The summed E-state index contributed by atoms with van der Waals surface area (Å²) in [5.74, 6) is 0.518. The van der Waals surface area contributed by atoms with Crippen LogP contribution in [-0.4, -0.2) is 11.9 Å². The smallest absolute Gasteiger partial charge is 0.220 e. The Morgan fingerprint density at radius 3 is 2.89 bits per heavy atom. The topological polar surface area (TPSA) is 55.1 Å². The minimum Gasteiger partial charge on any atom is -0.352 e. The molecule has 0 saturated heterocycles. The van der Waals surface area contributed by atoms with Crippen molar-refractivity contribution in [1.82, 2.24) is 5.32 Å². The zero-order valence-corrected chi connectivity index (χ0v) is 12.1. The molecule has 1 heterocycles. The van der Waals surface area contributed by atoms with Gasteiger partial charge in [-0.3, -0.25) is 4.79 Å². The van der Waals surface area contributed by atoms with E-state index in [1.165, 1.54) is 18.4 Å². The van der Waals surface area contributed by atoms with Gasteiger partial charge >= 0.3 is 0 Å². The van der Waals surface area contributed by atoms with Gasteiger partial charge < -0.3 is 11.1 Å². The number of halogens is 1. The fourth-order valence-electron chi connectivity index (χ4n) is 2.39. The van der Waals surface area contributed by atoms with E-state index in [-0.39, 0.29) is 24.4 Å². The summed E-state index contributed by atoms with van der Waals surface area (Å²) in [5.41, 5.74) is 7.22. The number of carbonyl (C=O) groups excluding carboxylic acids is 1. The van der Waals surface area contributed by atoms with E-state index in [0.29, 0.717) is 18.9 Å². The van der Waals surface area contributed by atoms with Crippen molar-refractivity contribution < 1.29 is 4.79 Å². The summed E-state index contributed by atoms with van der Waals surface area (Å²) in [6.45, 7) is 0.643. The van der Waals surface area contributed by atoms with E-state index in [2.05, 4.69) is 10.7 Å². The van der Waals surface area contributed by atoms with Gasteiger partial charge in [0.15, 0.2) is 0 Å². The monoisotopic (exact) mass is 288 g/mol. The first-order valence-electron chi connectivity index (χ1n) is 6.29. The first-order valence-corrected chi connectivity index (χ1v) is 7.23. The molecule has 1 saturated carbocycles. The van der Waals surface area contributed by atoms with Crippen molar-refractivity contribution in [1.29, 1.82) is 0 Å². The van der Waals surface area contributed by atoms with E-state index in [0.717, 1.165) is 12.8 Å². The molecule has 1 aliphatic carbocycles.